The Labute approximate surface area is 103 Å². The Morgan fingerprint density at radius 3 is 2.93 bits per heavy atom. The Morgan fingerprint density at radius 1 is 1.47 bits per heavy atom. The number of nitrogens with zero attached hydrogens (tertiary/aromatic N) is 2. The molecule has 0 bridgehead atoms. The summed E-state index contributed by atoms with van der Waals surface area (Å²) in [6, 6.07) is 1.94. The van der Waals surface area contributed by atoms with E-state index in [2.05, 4.69) is 32.8 Å². The number of halogens is 1. The third-order valence-corrected chi connectivity index (χ3v) is 3.01. The molecule has 0 saturated carbocycles. The average molecular weight is 291 g/mol. The first-order chi connectivity index (χ1) is 7.26. The number of aromatic nitrogens is 2. The van der Waals surface area contributed by atoms with Crippen LogP contribution in [0.5, 0.6) is 0 Å². The fourth-order valence-electron chi connectivity index (χ4n) is 1.08. The van der Waals surface area contributed by atoms with Gasteiger partial charge in [-0.1, -0.05) is 6.92 Å². The van der Waals surface area contributed by atoms with Gasteiger partial charge in [0, 0.05) is 25.3 Å². The highest BCUT2D eigenvalue weighted by Gasteiger charge is 2.02. The van der Waals surface area contributed by atoms with E-state index in [4.69, 9.17) is 4.74 Å². The van der Waals surface area contributed by atoms with E-state index in [0.29, 0.717) is 0 Å². The molecule has 0 amide bonds. The van der Waals surface area contributed by atoms with Crippen LogP contribution >= 0.6 is 27.7 Å². The van der Waals surface area contributed by atoms with E-state index in [1.54, 1.807) is 18.9 Å². The van der Waals surface area contributed by atoms with Gasteiger partial charge in [-0.3, -0.25) is 0 Å². The van der Waals surface area contributed by atoms with Crippen LogP contribution in [0.25, 0.3) is 0 Å². The van der Waals surface area contributed by atoms with E-state index in [-0.39, 0.29) is 0 Å². The molecule has 1 heterocycles. The van der Waals surface area contributed by atoms with Crippen molar-refractivity contribution in [2.24, 2.45) is 0 Å². The Kier molecular flexibility index (Phi) is 6.20. The quantitative estimate of drug-likeness (QED) is 0.458. The van der Waals surface area contributed by atoms with Gasteiger partial charge in [-0.15, -0.1) is 11.8 Å². The van der Waals surface area contributed by atoms with Gasteiger partial charge in [0.1, 0.15) is 15.5 Å². The minimum Gasteiger partial charge on any atom is -0.384 e. The molecule has 0 aliphatic heterocycles. The SMILES string of the molecule is CCCc1nc(Br)cc(SCCOC)n1. The van der Waals surface area contributed by atoms with E-state index < -0.39 is 0 Å². The molecule has 1 rings (SSSR count). The topological polar surface area (TPSA) is 35.0 Å². The van der Waals surface area contributed by atoms with Crippen molar-refractivity contribution in [1.29, 1.82) is 0 Å². The van der Waals surface area contributed by atoms with Crippen LogP contribution in [0.15, 0.2) is 15.7 Å². The van der Waals surface area contributed by atoms with Crippen LogP contribution in [0.3, 0.4) is 0 Å². The lowest BCUT2D eigenvalue weighted by Crippen LogP contribution is -1.98. The van der Waals surface area contributed by atoms with Crippen molar-refractivity contribution in [3.05, 3.63) is 16.5 Å². The molecule has 0 saturated heterocycles. The molecule has 3 nitrogen and oxygen atoms in total. The molecular weight excluding hydrogens is 276 g/mol. The summed E-state index contributed by atoms with van der Waals surface area (Å²) >= 11 is 5.09. The first-order valence-corrected chi connectivity index (χ1v) is 6.69. The van der Waals surface area contributed by atoms with Gasteiger partial charge in [0.15, 0.2) is 0 Å². The van der Waals surface area contributed by atoms with Crippen LogP contribution in [0.1, 0.15) is 19.2 Å². The minimum atomic E-state index is 0.745. The summed E-state index contributed by atoms with van der Waals surface area (Å²) < 4.78 is 5.86. The third kappa shape index (κ3) is 4.95. The first-order valence-electron chi connectivity index (χ1n) is 4.91. The Balaban J connectivity index is 2.62. The molecule has 1 aromatic rings. The van der Waals surface area contributed by atoms with Gasteiger partial charge in [-0.05, 0) is 22.4 Å². The van der Waals surface area contributed by atoms with E-state index >= 15 is 0 Å². The maximum absolute atomic E-state index is 5.00. The highest BCUT2D eigenvalue weighted by molar-refractivity contribution is 9.10. The fourth-order valence-corrected chi connectivity index (χ4v) is 2.48. The number of thioether (sulfide) groups is 1. The third-order valence-electron chi connectivity index (χ3n) is 1.73. The monoisotopic (exact) mass is 290 g/mol. The molecule has 0 aromatic carbocycles. The molecule has 0 N–H and O–H groups in total. The van der Waals surface area contributed by atoms with Crippen LogP contribution in [-0.2, 0) is 11.2 Å². The maximum Gasteiger partial charge on any atom is 0.130 e. The lowest BCUT2D eigenvalue weighted by molar-refractivity contribution is 0.218. The van der Waals surface area contributed by atoms with Crippen LogP contribution in [-0.4, -0.2) is 29.4 Å². The van der Waals surface area contributed by atoms with Crippen LogP contribution in [0, 0.1) is 0 Å². The number of rotatable bonds is 6. The summed E-state index contributed by atoms with van der Waals surface area (Å²) in [4.78, 5) is 8.77. The summed E-state index contributed by atoms with van der Waals surface area (Å²) in [6.07, 6.45) is 2.00. The average Bonchev–Trinajstić information content (AvgIpc) is 2.18. The largest absolute Gasteiger partial charge is 0.384 e. The molecule has 0 radical (unpaired) electrons. The van der Waals surface area contributed by atoms with Crippen molar-refractivity contribution in [3.63, 3.8) is 0 Å². The second kappa shape index (κ2) is 7.19. The number of hydrogen-bond acceptors (Lipinski definition) is 4. The molecule has 84 valence electrons. The summed E-state index contributed by atoms with van der Waals surface area (Å²) in [5.41, 5.74) is 0. The summed E-state index contributed by atoms with van der Waals surface area (Å²) in [6.45, 7) is 2.87. The Hall–Kier alpha value is -0.130. The molecule has 0 aliphatic carbocycles. The highest BCUT2D eigenvalue weighted by atomic mass is 79.9. The van der Waals surface area contributed by atoms with Gasteiger partial charge in [0.2, 0.25) is 0 Å². The number of ether oxygens (including phenoxy) is 1. The van der Waals surface area contributed by atoms with Crippen LogP contribution < -0.4 is 0 Å². The second-order valence-corrected chi connectivity index (χ2v) is 4.96. The van der Waals surface area contributed by atoms with Crippen LogP contribution in [0.4, 0.5) is 0 Å². The first kappa shape index (κ1) is 12.9. The second-order valence-electron chi connectivity index (χ2n) is 3.04. The summed E-state index contributed by atoms with van der Waals surface area (Å²) in [5, 5.41) is 1.01. The Bertz CT molecular complexity index is 309. The zero-order valence-electron chi connectivity index (χ0n) is 8.99. The van der Waals surface area contributed by atoms with E-state index in [9.17, 15) is 0 Å². The minimum absolute atomic E-state index is 0.745. The zero-order chi connectivity index (χ0) is 11.1. The maximum atomic E-state index is 5.00. The molecule has 0 unspecified atom stereocenters. The smallest absolute Gasteiger partial charge is 0.130 e. The van der Waals surface area contributed by atoms with Gasteiger partial charge in [-0.25, -0.2) is 9.97 Å². The van der Waals surface area contributed by atoms with Gasteiger partial charge >= 0.3 is 0 Å². The van der Waals surface area contributed by atoms with E-state index in [0.717, 1.165) is 40.7 Å². The standard InChI is InChI=1S/C10H15BrN2OS/c1-3-4-9-12-8(11)7-10(13-9)15-6-5-14-2/h7H,3-6H2,1-2H3. The van der Waals surface area contributed by atoms with Crippen molar-refractivity contribution >= 4 is 27.7 Å². The number of aryl methyl sites for hydroxylation is 1. The Morgan fingerprint density at radius 2 is 2.27 bits per heavy atom. The van der Waals surface area contributed by atoms with Crippen molar-refractivity contribution in [2.45, 2.75) is 24.8 Å². The van der Waals surface area contributed by atoms with Gasteiger partial charge in [0.25, 0.3) is 0 Å². The van der Waals surface area contributed by atoms with Crippen molar-refractivity contribution in [1.82, 2.24) is 9.97 Å². The molecular formula is C10H15BrN2OS. The van der Waals surface area contributed by atoms with E-state index in [1.807, 2.05) is 6.07 Å². The van der Waals surface area contributed by atoms with Crippen molar-refractivity contribution in [3.8, 4) is 0 Å². The predicted molar refractivity (Wildman–Crippen MR) is 66.3 cm³/mol. The molecule has 0 spiro atoms. The lowest BCUT2D eigenvalue weighted by atomic mass is 10.3. The molecule has 1 aromatic heterocycles. The van der Waals surface area contributed by atoms with Gasteiger partial charge < -0.3 is 4.74 Å². The predicted octanol–water partition coefficient (Wildman–Crippen LogP) is 2.93. The normalized spacial score (nSPS) is 10.6. The zero-order valence-corrected chi connectivity index (χ0v) is 11.4. The van der Waals surface area contributed by atoms with Crippen molar-refractivity contribution < 1.29 is 4.74 Å². The molecule has 0 fully saturated rings. The molecule has 5 heteroatoms. The van der Waals surface area contributed by atoms with Gasteiger partial charge in [0.05, 0.1) is 6.61 Å². The van der Waals surface area contributed by atoms with Crippen LogP contribution in [0.2, 0.25) is 0 Å². The van der Waals surface area contributed by atoms with Gasteiger partial charge in [-0.2, -0.15) is 0 Å². The number of methoxy groups -OCH3 is 1. The summed E-state index contributed by atoms with van der Waals surface area (Å²) in [5.74, 6) is 1.83. The highest BCUT2D eigenvalue weighted by Crippen LogP contribution is 2.19. The summed E-state index contributed by atoms with van der Waals surface area (Å²) in [7, 11) is 1.71. The molecule has 0 atom stereocenters. The number of hydrogen-bond donors (Lipinski definition) is 0. The van der Waals surface area contributed by atoms with Crippen molar-refractivity contribution in [2.75, 3.05) is 19.5 Å². The van der Waals surface area contributed by atoms with E-state index in [1.165, 1.54) is 0 Å². The fraction of sp³-hybridized carbons (Fsp3) is 0.600. The molecule has 0 aliphatic rings. The lowest BCUT2D eigenvalue weighted by Gasteiger charge is -2.03. The molecule has 15 heavy (non-hydrogen) atoms.